The molecule has 0 spiro atoms. The van der Waals surface area contributed by atoms with Crippen LogP contribution in [0.15, 0.2) is 29.0 Å². The molecule has 0 radical (unpaired) electrons. The fourth-order valence-corrected chi connectivity index (χ4v) is 2.80. The van der Waals surface area contributed by atoms with Crippen molar-refractivity contribution in [2.45, 2.75) is 32.9 Å². The zero-order valence-corrected chi connectivity index (χ0v) is 13.3. The standard InChI is InChI=1S/C16H23N5O/c1-3-15-18-16(22-19-15)13(2)21-9-7-20(8-10-21)12-14-5-4-6-17-11-14/h4-6,11,13H,3,7-10,12H2,1-2H3/t13-/m1/s1. The van der Waals surface area contributed by atoms with Crippen LogP contribution in [-0.4, -0.2) is 51.1 Å². The first-order valence-corrected chi connectivity index (χ1v) is 7.94. The molecular weight excluding hydrogens is 278 g/mol. The largest absolute Gasteiger partial charge is 0.338 e. The fraction of sp³-hybridized carbons (Fsp3) is 0.562. The van der Waals surface area contributed by atoms with Gasteiger partial charge in [-0.25, -0.2) is 0 Å². The molecule has 1 aliphatic heterocycles. The van der Waals surface area contributed by atoms with Crippen LogP contribution >= 0.6 is 0 Å². The second-order valence-corrected chi connectivity index (χ2v) is 5.75. The lowest BCUT2D eigenvalue weighted by Gasteiger charge is -2.36. The highest BCUT2D eigenvalue weighted by Crippen LogP contribution is 2.20. The summed E-state index contributed by atoms with van der Waals surface area (Å²) in [6, 6.07) is 4.31. The Morgan fingerprint density at radius 1 is 1.27 bits per heavy atom. The minimum Gasteiger partial charge on any atom is -0.338 e. The minimum absolute atomic E-state index is 0.188. The number of nitrogens with zero attached hydrogens (tertiary/aromatic N) is 5. The Hall–Kier alpha value is -1.79. The number of hydrogen-bond donors (Lipinski definition) is 0. The van der Waals surface area contributed by atoms with E-state index in [-0.39, 0.29) is 6.04 Å². The van der Waals surface area contributed by atoms with Crippen LogP contribution in [0.2, 0.25) is 0 Å². The zero-order valence-electron chi connectivity index (χ0n) is 13.3. The van der Waals surface area contributed by atoms with Gasteiger partial charge in [0.15, 0.2) is 5.82 Å². The van der Waals surface area contributed by atoms with Crippen molar-refractivity contribution >= 4 is 0 Å². The molecule has 1 aliphatic rings. The van der Waals surface area contributed by atoms with Gasteiger partial charge in [-0.2, -0.15) is 4.98 Å². The van der Waals surface area contributed by atoms with E-state index in [2.05, 4.69) is 37.9 Å². The third-order valence-corrected chi connectivity index (χ3v) is 4.24. The molecule has 1 fully saturated rings. The van der Waals surface area contributed by atoms with E-state index in [0.29, 0.717) is 0 Å². The number of piperazine rings is 1. The van der Waals surface area contributed by atoms with Crippen LogP contribution in [0.25, 0.3) is 0 Å². The average Bonchev–Trinajstić information content (AvgIpc) is 3.05. The van der Waals surface area contributed by atoms with Gasteiger partial charge in [0.25, 0.3) is 0 Å². The molecule has 0 unspecified atom stereocenters. The monoisotopic (exact) mass is 301 g/mol. The fourth-order valence-electron chi connectivity index (χ4n) is 2.80. The van der Waals surface area contributed by atoms with Crippen molar-refractivity contribution in [1.82, 2.24) is 24.9 Å². The van der Waals surface area contributed by atoms with E-state index in [1.165, 1.54) is 5.56 Å². The van der Waals surface area contributed by atoms with Crippen molar-refractivity contribution in [2.24, 2.45) is 0 Å². The van der Waals surface area contributed by atoms with Gasteiger partial charge in [0.05, 0.1) is 6.04 Å². The zero-order chi connectivity index (χ0) is 15.4. The molecule has 1 saturated heterocycles. The molecule has 0 saturated carbocycles. The maximum absolute atomic E-state index is 5.37. The predicted octanol–water partition coefficient (Wildman–Crippen LogP) is 1.91. The Labute approximate surface area is 131 Å². The van der Waals surface area contributed by atoms with Gasteiger partial charge in [0, 0.05) is 51.5 Å². The summed E-state index contributed by atoms with van der Waals surface area (Å²) in [5.41, 5.74) is 1.27. The Morgan fingerprint density at radius 2 is 2.09 bits per heavy atom. The molecule has 1 atom stereocenters. The summed E-state index contributed by atoms with van der Waals surface area (Å²) in [6.45, 7) is 9.29. The minimum atomic E-state index is 0.188. The third-order valence-electron chi connectivity index (χ3n) is 4.24. The molecule has 0 amide bonds. The molecule has 22 heavy (non-hydrogen) atoms. The lowest BCUT2D eigenvalue weighted by atomic mass is 10.2. The van der Waals surface area contributed by atoms with Crippen LogP contribution in [-0.2, 0) is 13.0 Å². The molecule has 6 nitrogen and oxygen atoms in total. The number of aryl methyl sites for hydroxylation is 1. The Bertz CT molecular complexity index is 577. The van der Waals surface area contributed by atoms with Crippen molar-refractivity contribution in [3.05, 3.63) is 41.8 Å². The predicted molar refractivity (Wildman–Crippen MR) is 83.2 cm³/mol. The van der Waals surface area contributed by atoms with E-state index in [1.807, 2.05) is 25.4 Å². The van der Waals surface area contributed by atoms with Crippen LogP contribution in [0, 0.1) is 0 Å². The van der Waals surface area contributed by atoms with Gasteiger partial charge in [-0.3, -0.25) is 14.8 Å². The highest BCUT2D eigenvalue weighted by atomic mass is 16.5. The summed E-state index contributed by atoms with van der Waals surface area (Å²) < 4.78 is 5.37. The summed E-state index contributed by atoms with van der Waals surface area (Å²) in [6.07, 6.45) is 4.58. The number of pyridine rings is 1. The number of hydrogen-bond acceptors (Lipinski definition) is 6. The summed E-state index contributed by atoms with van der Waals surface area (Å²) in [5.74, 6) is 1.52. The molecule has 3 rings (SSSR count). The SMILES string of the molecule is CCc1noc([C@@H](C)N2CCN(Cc3cccnc3)CC2)n1. The van der Waals surface area contributed by atoms with Gasteiger partial charge >= 0.3 is 0 Å². The van der Waals surface area contributed by atoms with Gasteiger partial charge in [-0.1, -0.05) is 18.1 Å². The molecule has 3 heterocycles. The smallest absolute Gasteiger partial charge is 0.243 e. The molecular formula is C16H23N5O. The van der Waals surface area contributed by atoms with Crippen molar-refractivity contribution in [3.8, 4) is 0 Å². The van der Waals surface area contributed by atoms with Crippen molar-refractivity contribution in [2.75, 3.05) is 26.2 Å². The lowest BCUT2D eigenvalue weighted by molar-refractivity contribution is 0.0845. The normalized spacial score (nSPS) is 18.5. The highest BCUT2D eigenvalue weighted by molar-refractivity contribution is 5.08. The first-order valence-electron chi connectivity index (χ1n) is 7.94. The number of rotatable bonds is 5. The van der Waals surface area contributed by atoms with Crippen molar-refractivity contribution in [1.29, 1.82) is 0 Å². The van der Waals surface area contributed by atoms with E-state index in [9.17, 15) is 0 Å². The quantitative estimate of drug-likeness (QED) is 0.841. The molecule has 6 heteroatoms. The maximum atomic E-state index is 5.37. The van der Waals surface area contributed by atoms with Gasteiger partial charge in [0.1, 0.15) is 0 Å². The summed E-state index contributed by atoms with van der Waals surface area (Å²) in [7, 11) is 0. The van der Waals surface area contributed by atoms with Gasteiger partial charge < -0.3 is 4.52 Å². The van der Waals surface area contributed by atoms with Crippen molar-refractivity contribution < 1.29 is 4.52 Å². The van der Waals surface area contributed by atoms with Crippen LogP contribution in [0.4, 0.5) is 0 Å². The first-order chi connectivity index (χ1) is 10.8. The number of aromatic nitrogens is 3. The van der Waals surface area contributed by atoms with Crippen LogP contribution < -0.4 is 0 Å². The molecule has 118 valence electrons. The topological polar surface area (TPSA) is 58.3 Å². The van der Waals surface area contributed by atoms with Gasteiger partial charge in [-0.15, -0.1) is 0 Å². The van der Waals surface area contributed by atoms with E-state index in [4.69, 9.17) is 4.52 Å². The Balaban J connectivity index is 1.52. The average molecular weight is 301 g/mol. The van der Waals surface area contributed by atoms with E-state index in [1.54, 1.807) is 0 Å². The van der Waals surface area contributed by atoms with Gasteiger partial charge in [0.2, 0.25) is 5.89 Å². The second kappa shape index (κ2) is 6.98. The third kappa shape index (κ3) is 3.51. The first kappa shape index (κ1) is 15.1. The molecule has 0 N–H and O–H groups in total. The Kier molecular flexibility index (Phi) is 4.80. The van der Waals surface area contributed by atoms with Crippen LogP contribution in [0.1, 0.15) is 37.2 Å². The van der Waals surface area contributed by atoms with E-state index >= 15 is 0 Å². The molecule has 2 aromatic rings. The molecule has 0 bridgehead atoms. The van der Waals surface area contributed by atoms with Crippen molar-refractivity contribution in [3.63, 3.8) is 0 Å². The molecule has 0 aromatic carbocycles. The maximum Gasteiger partial charge on any atom is 0.243 e. The summed E-state index contributed by atoms with van der Waals surface area (Å²) in [4.78, 5) is 13.5. The summed E-state index contributed by atoms with van der Waals surface area (Å²) >= 11 is 0. The van der Waals surface area contributed by atoms with Gasteiger partial charge in [-0.05, 0) is 18.6 Å². The Morgan fingerprint density at radius 3 is 2.73 bits per heavy atom. The van der Waals surface area contributed by atoms with Crippen LogP contribution in [0.5, 0.6) is 0 Å². The van der Waals surface area contributed by atoms with E-state index in [0.717, 1.165) is 50.9 Å². The summed E-state index contributed by atoms with van der Waals surface area (Å²) in [5, 5.41) is 3.99. The van der Waals surface area contributed by atoms with E-state index < -0.39 is 0 Å². The molecule has 2 aromatic heterocycles. The lowest BCUT2D eigenvalue weighted by Crippen LogP contribution is -2.46. The highest BCUT2D eigenvalue weighted by Gasteiger charge is 2.25. The molecule has 0 aliphatic carbocycles. The van der Waals surface area contributed by atoms with Crippen LogP contribution in [0.3, 0.4) is 0 Å². The second-order valence-electron chi connectivity index (χ2n) is 5.75.